The Morgan fingerprint density at radius 2 is 1.93 bits per heavy atom. The number of anilines is 1. The molecule has 8 heteroatoms. The molecule has 1 amide bonds. The van der Waals surface area contributed by atoms with E-state index >= 15 is 0 Å². The van der Waals surface area contributed by atoms with Gasteiger partial charge >= 0.3 is 0 Å². The lowest BCUT2D eigenvalue weighted by Crippen LogP contribution is -2.23. The van der Waals surface area contributed by atoms with E-state index in [1.807, 2.05) is 30.3 Å². The molecule has 4 aromatic rings. The van der Waals surface area contributed by atoms with Gasteiger partial charge in [-0.2, -0.15) is 4.80 Å². The first kappa shape index (κ1) is 18.4. The third-order valence-corrected chi connectivity index (χ3v) is 5.56. The molecule has 0 saturated heterocycles. The molecule has 0 aliphatic carbocycles. The maximum absolute atomic E-state index is 12.3. The third kappa shape index (κ3) is 3.04. The summed E-state index contributed by atoms with van der Waals surface area (Å²) < 4.78 is 5.21. The van der Waals surface area contributed by atoms with Crippen LogP contribution in [0.3, 0.4) is 0 Å². The molecule has 1 aliphatic heterocycles. The number of benzene rings is 3. The van der Waals surface area contributed by atoms with Crippen molar-refractivity contribution in [3.05, 3.63) is 70.7 Å². The molecule has 0 spiro atoms. The summed E-state index contributed by atoms with van der Waals surface area (Å²) in [6, 6.07) is 15.9. The van der Waals surface area contributed by atoms with Gasteiger partial charge in [-0.1, -0.05) is 23.7 Å². The molecule has 0 unspecified atom stereocenters. The molecule has 150 valence electrons. The van der Waals surface area contributed by atoms with Crippen LogP contribution in [0.4, 0.5) is 5.69 Å². The summed E-state index contributed by atoms with van der Waals surface area (Å²) in [5.41, 5.74) is 4.67. The predicted molar refractivity (Wildman–Crippen MR) is 114 cm³/mol. The number of hydrogen-bond acceptors (Lipinski definition) is 5. The Bertz CT molecular complexity index is 1280. The van der Waals surface area contributed by atoms with Crippen molar-refractivity contribution in [2.75, 3.05) is 12.4 Å². The number of fused-ring (bicyclic) bond motifs is 3. The fourth-order valence-electron chi connectivity index (χ4n) is 3.84. The quantitative estimate of drug-likeness (QED) is 0.517. The van der Waals surface area contributed by atoms with E-state index in [1.54, 1.807) is 31.4 Å². The Hall–Kier alpha value is -3.58. The zero-order valence-corrected chi connectivity index (χ0v) is 16.7. The molecule has 0 saturated carbocycles. The van der Waals surface area contributed by atoms with Crippen LogP contribution in [0.15, 0.2) is 54.6 Å². The monoisotopic (exact) mass is 420 g/mol. The number of carbonyl (C=O) groups is 1. The summed E-state index contributed by atoms with van der Waals surface area (Å²) in [6.07, 6.45) is 0.290. The largest absolute Gasteiger partial charge is 0.508 e. The average molecular weight is 421 g/mol. The van der Waals surface area contributed by atoms with Gasteiger partial charge in [0.05, 0.1) is 17.8 Å². The second-order valence-electron chi connectivity index (χ2n) is 7.10. The molecular weight excluding hydrogens is 404 g/mol. The van der Waals surface area contributed by atoms with Crippen molar-refractivity contribution in [2.45, 2.75) is 12.3 Å². The minimum absolute atomic E-state index is 0.0609. The summed E-state index contributed by atoms with van der Waals surface area (Å²) >= 11 is 6.26. The number of nitrogens with one attached hydrogen (secondary N) is 1. The van der Waals surface area contributed by atoms with Crippen LogP contribution < -0.4 is 10.1 Å². The maximum atomic E-state index is 12.3. The molecule has 30 heavy (non-hydrogen) atoms. The summed E-state index contributed by atoms with van der Waals surface area (Å²) in [5, 5.41) is 22.4. The van der Waals surface area contributed by atoms with E-state index in [0.29, 0.717) is 27.5 Å². The fraction of sp³-hybridized carbons (Fsp3) is 0.136. The van der Waals surface area contributed by atoms with Crippen molar-refractivity contribution in [1.29, 1.82) is 0 Å². The highest BCUT2D eigenvalue weighted by Crippen LogP contribution is 2.41. The minimum Gasteiger partial charge on any atom is -0.508 e. The zero-order valence-electron chi connectivity index (χ0n) is 16.0. The van der Waals surface area contributed by atoms with Crippen molar-refractivity contribution in [1.82, 2.24) is 15.0 Å². The van der Waals surface area contributed by atoms with Gasteiger partial charge < -0.3 is 15.2 Å². The van der Waals surface area contributed by atoms with Crippen LogP contribution in [0.25, 0.3) is 16.7 Å². The smallest absolute Gasteiger partial charge is 0.225 e. The van der Waals surface area contributed by atoms with Gasteiger partial charge in [-0.15, -0.1) is 10.2 Å². The Morgan fingerprint density at radius 1 is 1.13 bits per heavy atom. The molecule has 0 fully saturated rings. The number of phenolic OH excluding ortho intramolecular Hbond substituents is 1. The standard InChI is InChI=1S/C22H17ClN4O3/c1-30-19-9-4-13(10-16(19)23)27-25-18-8-7-17-21(22(18)26-27)15(11-20(29)24-17)12-2-5-14(28)6-3-12/h2-10,15,28H,11H2,1H3,(H,24,29)/t15-/m0/s1. The number of aromatic nitrogens is 3. The second kappa shape index (κ2) is 7.03. The highest BCUT2D eigenvalue weighted by atomic mass is 35.5. The summed E-state index contributed by atoms with van der Waals surface area (Å²) in [4.78, 5) is 13.8. The van der Waals surface area contributed by atoms with Gasteiger partial charge in [-0.05, 0) is 48.0 Å². The van der Waals surface area contributed by atoms with Gasteiger partial charge in [0.25, 0.3) is 0 Å². The molecule has 0 bridgehead atoms. The average Bonchev–Trinajstić information content (AvgIpc) is 3.18. The number of aromatic hydroxyl groups is 1. The van der Waals surface area contributed by atoms with E-state index in [-0.39, 0.29) is 24.0 Å². The number of carbonyl (C=O) groups excluding carboxylic acids is 1. The number of amides is 1. The first-order chi connectivity index (χ1) is 14.5. The van der Waals surface area contributed by atoms with Gasteiger partial charge in [-0.25, -0.2) is 0 Å². The van der Waals surface area contributed by atoms with Crippen LogP contribution in [0, 0.1) is 0 Å². The lowest BCUT2D eigenvalue weighted by molar-refractivity contribution is -0.116. The Labute approximate surface area is 176 Å². The topological polar surface area (TPSA) is 89.3 Å². The molecule has 5 rings (SSSR count). The number of ether oxygens (including phenoxy) is 1. The number of hydrogen-bond donors (Lipinski definition) is 2. The number of halogens is 1. The molecule has 0 radical (unpaired) electrons. The van der Waals surface area contributed by atoms with Crippen molar-refractivity contribution in [2.24, 2.45) is 0 Å². The van der Waals surface area contributed by atoms with E-state index in [4.69, 9.17) is 21.4 Å². The molecular formula is C22H17ClN4O3. The Morgan fingerprint density at radius 3 is 2.67 bits per heavy atom. The van der Waals surface area contributed by atoms with Crippen LogP contribution >= 0.6 is 11.6 Å². The first-order valence-corrected chi connectivity index (χ1v) is 9.74. The van der Waals surface area contributed by atoms with E-state index in [9.17, 15) is 9.90 Å². The lowest BCUT2D eigenvalue weighted by Gasteiger charge is -2.26. The molecule has 1 aromatic heterocycles. The van der Waals surface area contributed by atoms with E-state index in [1.165, 1.54) is 4.80 Å². The second-order valence-corrected chi connectivity index (χ2v) is 7.51. The molecule has 1 aliphatic rings. The number of rotatable bonds is 3. The Kier molecular flexibility index (Phi) is 4.33. The van der Waals surface area contributed by atoms with Crippen LogP contribution in [0.1, 0.15) is 23.5 Å². The maximum Gasteiger partial charge on any atom is 0.225 e. The minimum atomic E-state index is -0.192. The van der Waals surface area contributed by atoms with Gasteiger partial charge in [0.15, 0.2) is 0 Å². The van der Waals surface area contributed by atoms with Gasteiger partial charge in [-0.3, -0.25) is 4.79 Å². The molecule has 2 N–H and O–H groups in total. The third-order valence-electron chi connectivity index (χ3n) is 5.27. The van der Waals surface area contributed by atoms with E-state index in [0.717, 1.165) is 16.8 Å². The van der Waals surface area contributed by atoms with Gasteiger partial charge in [0.1, 0.15) is 22.5 Å². The molecule has 2 heterocycles. The molecule has 3 aromatic carbocycles. The van der Waals surface area contributed by atoms with Crippen LogP contribution in [-0.4, -0.2) is 33.1 Å². The predicted octanol–water partition coefficient (Wildman–Crippen LogP) is 4.26. The summed E-state index contributed by atoms with van der Waals surface area (Å²) in [7, 11) is 1.56. The highest BCUT2D eigenvalue weighted by molar-refractivity contribution is 6.32. The van der Waals surface area contributed by atoms with Crippen LogP contribution in [0.2, 0.25) is 5.02 Å². The SMILES string of the molecule is COc1ccc(-n2nc3ccc4c(c3n2)[C@H](c2ccc(O)cc2)CC(=O)N4)cc1Cl. The van der Waals surface area contributed by atoms with Gasteiger partial charge in [0.2, 0.25) is 5.91 Å². The lowest BCUT2D eigenvalue weighted by atomic mass is 9.84. The van der Waals surface area contributed by atoms with Crippen molar-refractivity contribution in [3.63, 3.8) is 0 Å². The summed E-state index contributed by atoms with van der Waals surface area (Å²) in [5.74, 6) is 0.501. The number of methoxy groups -OCH3 is 1. The highest BCUT2D eigenvalue weighted by Gasteiger charge is 2.30. The fourth-order valence-corrected chi connectivity index (χ4v) is 4.09. The van der Waals surface area contributed by atoms with E-state index in [2.05, 4.69) is 10.4 Å². The van der Waals surface area contributed by atoms with E-state index < -0.39 is 0 Å². The first-order valence-electron chi connectivity index (χ1n) is 9.36. The summed E-state index contributed by atoms with van der Waals surface area (Å²) in [6.45, 7) is 0. The molecule has 1 atom stereocenters. The number of nitrogens with zero attached hydrogens (tertiary/aromatic N) is 3. The number of phenols is 1. The van der Waals surface area contributed by atoms with Crippen molar-refractivity contribution in [3.8, 4) is 17.2 Å². The van der Waals surface area contributed by atoms with Gasteiger partial charge in [0, 0.05) is 23.6 Å². The molecule has 7 nitrogen and oxygen atoms in total. The van der Waals surface area contributed by atoms with Crippen LogP contribution in [-0.2, 0) is 4.79 Å². The van der Waals surface area contributed by atoms with Crippen molar-refractivity contribution < 1.29 is 14.6 Å². The zero-order chi connectivity index (χ0) is 20.8. The van der Waals surface area contributed by atoms with Crippen molar-refractivity contribution >= 4 is 34.2 Å². The Balaban J connectivity index is 1.67. The normalized spacial score (nSPS) is 15.7. The van der Waals surface area contributed by atoms with Crippen LogP contribution in [0.5, 0.6) is 11.5 Å².